The quantitative estimate of drug-likeness (QED) is 0.297. The van der Waals surface area contributed by atoms with Crippen LogP contribution in [0.15, 0.2) is 24.3 Å². The SMILES string of the molecule is O=C(O)C[N+]1(CCCc2ccc([N+](=O)[O-])cc2)CCNCCNCCNCC1. The molecule has 1 aromatic carbocycles. The molecule has 28 heavy (non-hydrogen) atoms. The maximum atomic E-state index is 11.6. The lowest BCUT2D eigenvalue weighted by Crippen LogP contribution is -2.58. The summed E-state index contributed by atoms with van der Waals surface area (Å²) in [6, 6.07) is 6.61. The van der Waals surface area contributed by atoms with E-state index in [9.17, 15) is 20.0 Å². The first-order valence-electron chi connectivity index (χ1n) is 9.93. The molecule has 1 aliphatic heterocycles. The summed E-state index contributed by atoms with van der Waals surface area (Å²) < 4.78 is 0.537. The number of carbonyl (C=O) groups is 1. The fourth-order valence-corrected chi connectivity index (χ4v) is 3.62. The van der Waals surface area contributed by atoms with Gasteiger partial charge in [0.25, 0.3) is 5.69 Å². The second-order valence-corrected chi connectivity index (χ2v) is 7.34. The molecule has 0 unspecified atom stereocenters. The van der Waals surface area contributed by atoms with Crippen molar-refractivity contribution in [3.05, 3.63) is 39.9 Å². The van der Waals surface area contributed by atoms with E-state index in [0.717, 1.165) is 77.3 Å². The van der Waals surface area contributed by atoms with Crippen LogP contribution in [0.25, 0.3) is 0 Å². The van der Waals surface area contributed by atoms with Crippen LogP contribution in [0.4, 0.5) is 5.69 Å². The Kier molecular flexibility index (Phi) is 9.29. The van der Waals surface area contributed by atoms with Crippen LogP contribution in [0, 0.1) is 10.1 Å². The minimum Gasteiger partial charge on any atom is -0.477 e. The number of nitrogens with zero attached hydrogens (tertiary/aromatic N) is 2. The lowest BCUT2D eigenvalue weighted by Gasteiger charge is -2.38. The van der Waals surface area contributed by atoms with Gasteiger partial charge in [-0.05, 0) is 12.0 Å². The summed E-state index contributed by atoms with van der Waals surface area (Å²) in [4.78, 5) is 21.9. The predicted octanol–water partition coefficient (Wildman–Crippen LogP) is 0.211. The predicted molar refractivity (Wildman–Crippen MR) is 107 cm³/mol. The van der Waals surface area contributed by atoms with Crippen molar-refractivity contribution in [3.63, 3.8) is 0 Å². The van der Waals surface area contributed by atoms with Crippen molar-refractivity contribution in [2.24, 2.45) is 0 Å². The van der Waals surface area contributed by atoms with Gasteiger partial charge in [0.15, 0.2) is 6.54 Å². The number of nitrogens with one attached hydrogen (secondary N) is 3. The molecule has 0 atom stereocenters. The fraction of sp³-hybridized carbons (Fsp3) is 0.632. The van der Waals surface area contributed by atoms with Crippen molar-refractivity contribution < 1.29 is 19.3 Å². The number of non-ortho nitro benzene ring substituents is 1. The van der Waals surface area contributed by atoms with E-state index >= 15 is 0 Å². The van der Waals surface area contributed by atoms with Crippen molar-refractivity contribution in [1.82, 2.24) is 16.0 Å². The van der Waals surface area contributed by atoms with Gasteiger partial charge in [0.05, 0.1) is 24.6 Å². The molecule has 1 saturated heterocycles. The summed E-state index contributed by atoms with van der Waals surface area (Å²) in [5.41, 5.74) is 1.13. The first-order valence-corrected chi connectivity index (χ1v) is 9.93. The molecule has 1 aromatic rings. The highest BCUT2D eigenvalue weighted by atomic mass is 16.6. The number of aryl methyl sites for hydroxylation is 1. The summed E-state index contributed by atoms with van der Waals surface area (Å²) in [6.07, 6.45) is 1.62. The maximum absolute atomic E-state index is 11.6. The number of quaternary nitrogens is 1. The first-order chi connectivity index (χ1) is 13.5. The van der Waals surface area contributed by atoms with Crippen LogP contribution in [0.2, 0.25) is 0 Å². The number of hydrogen-bond acceptors (Lipinski definition) is 6. The molecule has 156 valence electrons. The number of carboxylic acids is 1. The van der Waals surface area contributed by atoms with Crippen LogP contribution in [-0.4, -0.2) is 85.9 Å². The van der Waals surface area contributed by atoms with Crippen molar-refractivity contribution >= 4 is 11.7 Å². The third kappa shape index (κ3) is 7.89. The highest BCUT2D eigenvalue weighted by Gasteiger charge is 2.29. The Morgan fingerprint density at radius 1 is 1.00 bits per heavy atom. The molecule has 2 rings (SSSR count). The molecular weight excluding hydrogens is 362 g/mol. The lowest BCUT2D eigenvalue weighted by molar-refractivity contribution is -0.919. The third-order valence-corrected chi connectivity index (χ3v) is 5.20. The number of rotatable bonds is 7. The van der Waals surface area contributed by atoms with Crippen LogP contribution < -0.4 is 16.0 Å². The van der Waals surface area contributed by atoms with Crippen molar-refractivity contribution in [1.29, 1.82) is 0 Å². The summed E-state index contributed by atoms with van der Waals surface area (Å²) in [5, 5.41) is 30.4. The average molecular weight is 394 g/mol. The average Bonchev–Trinajstić information content (AvgIpc) is 2.64. The van der Waals surface area contributed by atoms with Gasteiger partial charge >= 0.3 is 5.97 Å². The second kappa shape index (κ2) is 11.7. The zero-order valence-corrected chi connectivity index (χ0v) is 16.4. The number of aliphatic carboxylic acids is 1. The number of nitro benzene ring substituents is 1. The molecule has 4 N–H and O–H groups in total. The second-order valence-electron chi connectivity index (χ2n) is 7.34. The molecule has 1 heterocycles. The van der Waals surface area contributed by atoms with Gasteiger partial charge in [-0.15, -0.1) is 0 Å². The molecule has 9 nitrogen and oxygen atoms in total. The van der Waals surface area contributed by atoms with Crippen LogP contribution in [0.3, 0.4) is 0 Å². The van der Waals surface area contributed by atoms with Crippen LogP contribution in [-0.2, 0) is 11.2 Å². The summed E-state index contributed by atoms with van der Waals surface area (Å²) in [6.45, 7) is 7.54. The van der Waals surface area contributed by atoms with Gasteiger partial charge in [0, 0.05) is 57.8 Å². The van der Waals surface area contributed by atoms with E-state index in [1.807, 2.05) is 0 Å². The van der Waals surface area contributed by atoms with Crippen LogP contribution in [0.1, 0.15) is 12.0 Å². The molecule has 0 amide bonds. The van der Waals surface area contributed by atoms with Gasteiger partial charge in [-0.25, -0.2) is 4.79 Å². The Balaban J connectivity index is 1.97. The molecule has 1 aliphatic rings. The number of hydrogen-bond donors (Lipinski definition) is 4. The maximum Gasteiger partial charge on any atom is 0.359 e. The largest absolute Gasteiger partial charge is 0.477 e. The van der Waals surface area contributed by atoms with Gasteiger partial charge in [0.1, 0.15) is 0 Å². The monoisotopic (exact) mass is 394 g/mol. The Morgan fingerprint density at radius 2 is 1.54 bits per heavy atom. The molecular formula is C19H32N5O4+. The molecule has 0 saturated carbocycles. The molecule has 0 spiro atoms. The summed E-state index contributed by atoms with van der Waals surface area (Å²) >= 11 is 0. The third-order valence-electron chi connectivity index (χ3n) is 5.20. The summed E-state index contributed by atoms with van der Waals surface area (Å²) in [5.74, 6) is -0.774. The van der Waals surface area contributed by atoms with E-state index in [-0.39, 0.29) is 12.2 Å². The van der Waals surface area contributed by atoms with E-state index in [2.05, 4.69) is 16.0 Å². The van der Waals surface area contributed by atoms with Gasteiger partial charge in [-0.2, -0.15) is 0 Å². The van der Waals surface area contributed by atoms with Crippen molar-refractivity contribution in [2.75, 3.05) is 65.4 Å². The molecule has 0 bridgehead atoms. The smallest absolute Gasteiger partial charge is 0.359 e. The van der Waals surface area contributed by atoms with E-state index in [1.165, 1.54) is 12.1 Å². The standard InChI is InChI=1S/C19H31N5O4/c25-19(26)16-24(14-11-21-9-7-20-8-10-22-12-15-24)13-1-2-17-3-5-18(6-4-17)23(27)28/h3-6,20-22H,1-2,7-16H2/p+1. The Bertz CT molecular complexity index is 611. The number of benzene rings is 1. The van der Waals surface area contributed by atoms with E-state index < -0.39 is 10.9 Å². The van der Waals surface area contributed by atoms with Crippen LogP contribution >= 0.6 is 0 Å². The number of nitro groups is 1. The molecule has 0 radical (unpaired) electrons. The topological polar surface area (TPSA) is 117 Å². The Hall–Kier alpha value is -2.07. The van der Waals surface area contributed by atoms with Gasteiger partial charge in [0.2, 0.25) is 0 Å². The number of carboxylic acid groups (broad SMARTS) is 1. The summed E-state index contributed by atoms with van der Waals surface area (Å²) in [7, 11) is 0. The fourth-order valence-electron chi connectivity index (χ4n) is 3.62. The zero-order chi connectivity index (χ0) is 20.2. The first kappa shape index (κ1) is 22.2. The highest BCUT2D eigenvalue weighted by molar-refractivity contribution is 5.67. The minimum absolute atomic E-state index is 0.0906. The molecule has 0 aromatic heterocycles. The van der Waals surface area contributed by atoms with Crippen molar-refractivity contribution in [2.45, 2.75) is 12.8 Å². The van der Waals surface area contributed by atoms with Crippen molar-refractivity contribution in [3.8, 4) is 0 Å². The van der Waals surface area contributed by atoms with E-state index in [4.69, 9.17) is 0 Å². The molecule has 9 heteroatoms. The van der Waals surface area contributed by atoms with Crippen LogP contribution in [0.5, 0.6) is 0 Å². The van der Waals surface area contributed by atoms with E-state index in [0.29, 0.717) is 4.48 Å². The normalized spacial score (nSPS) is 18.6. The Labute approximate surface area is 165 Å². The molecule has 1 fully saturated rings. The van der Waals surface area contributed by atoms with E-state index in [1.54, 1.807) is 12.1 Å². The van der Waals surface area contributed by atoms with Gasteiger partial charge in [-0.3, -0.25) is 10.1 Å². The lowest BCUT2D eigenvalue weighted by atomic mass is 10.1. The minimum atomic E-state index is -0.774. The molecule has 0 aliphatic carbocycles. The Morgan fingerprint density at radius 3 is 2.04 bits per heavy atom. The highest BCUT2D eigenvalue weighted by Crippen LogP contribution is 2.15. The van der Waals surface area contributed by atoms with Gasteiger partial charge < -0.3 is 25.5 Å². The zero-order valence-electron chi connectivity index (χ0n) is 16.4. The van der Waals surface area contributed by atoms with Gasteiger partial charge in [-0.1, -0.05) is 12.1 Å².